The summed E-state index contributed by atoms with van der Waals surface area (Å²) in [6.45, 7) is 8.11. The first kappa shape index (κ1) is 15.9. The topological polar surface area (TPSA) is 49.8 Å². The van der Waals surface area contributed by atoms with Crippen molar-refractivity contribution in [3.8, 4) is 11.6 Å². The second-order valence-corrected chi connectivity index (χ2v) is 5.96. The summed E-state index contributed by atoms with van der Waals surface area (Å²) in [4.78, 5) is 4.19. The minimum Gasteiger partial charge on any atom is -0.491 e. The molecule has 1 fully saturated rings. The van der Waals surface area contributed by atoms with Gasteiger partial charge >= 0.3 is 7.12 Å². The summed E-state index contributed by atoms with van der Waals surface area (Å²) in [6.07, 6.45) is 3.61. The number of methoxy groups -OCH3 is 2. The van der Waals surface area contributed by atoms with Gasteiger partial charge in [0.25, 0.3) is 5.88 Å². The van der Waals surface area contributed by atoms with E-state index in [4.69, 9.17) is 18.8 Å². The number of rotatable bonds is 4. The molecule has 0 radical (unpaired) electrons. The van der Waals surface area contributed by atoms with Gasteiger partial charge in [0.1, 0.15) is 0 Å². The van der Waals surface area contributed by atoms with Crippen molar-refractivity contribution in [1.82, 2.24) is 4.98 Å². The molecule has 0 saturated carbocycles. The number of hydrogen-bond acceptors (Lipinski definition) is 5. The minimum absolute atomic E-state index is 0.335. The summed E-state index contributed by atoms with van der Waals surface area (Å²) in [5.41, 5.74) is 0.220. The monoisotopic (exact) mass is 291 g/mol. The van der Waals surface area contributed by atoms with Crippen LogP contribution in [0.1, 0.15) is 33.3 Å². The van der Waals surface area contributed by atoms with Crippen molar-refractivity contribution >= 4 is 13.2 Å². The van der Waals surface area contributed by atoms with Gasteiger partial charge in [0.05, 0.1) is 25.4 Å². The third-order valence-electron chi connectivity index (χ3n) is 3.97. The summed E-state index contributed by atoms with van der Waals surface area (Å²) in [7, 11) is 2.77. The Kier molecular flexibility index (Phi) is 4.30. The molecule has 21 heavy (non-hydrogen) atoms. The Morgan fingerprint density at radius 3 is 2.24 bits per heavy atom. The maximum absolute atomic E-state index is 5.90. The number of hydrogen-bond donors (Lipinski definition) is 0. The molecule has 0 atom stereocenters. The van der Waals surface area contributed by atoms with Crippen LogP contribution in [0.5, 0.6) is 11.6 Å². The first-order valence-corrected chi connectivity index (χ1v) is 6.91. The van der Waals surface area contributed by atoms with Crippen LogP contribution in [-0.2, 0) is 9.31 Å². The molecule has 1 aliphatic heterocycles. The molecule has 0 aromatic carbocycles. The van der Waals surface area contributed by atoms with E-state index in [0.717, 1.165) is 5.56 Å². The van der Waals surface area contributed by atoms with E-state index in [1.54, 1.807) is 20.4 Å². The van der Waals surface area contributed by atoms with E-state index >= 15 is 0 Å². The van der Waals surface area contributed by atoms with Gasteiger partial charge in [-0.15, -0.1) is 0 Å². The lowest BCUT2D eigenvalue weighted by atomic mass is 9.89. The molecule has 6 heteroatoms. The summed E-state index contributed by atoms with van der Waals surface area (Å²) in [6, 6.07) is 1.85. The summed E-state index contributed by atoms with van der Waals surface area (Å²) >= 11 is 0. The van der Waals surface area contributed by atoms with Crippen LogP contribution >= 0.6 is 0 Å². The van der Waals surface area contributed by atoms with Crippen LogP contribution in [0, 0.1) is 0 Å². The van der Waals surface area contributed by atoms with Gasteiger partial charge in [-0.25, -0.2) is 4.98 Å². The van der Waals surface area contributed by atoms with Crippen molar-refractivity contribution in [2.45, 2.75) is 38.9 Å². The van der Waals surface area contributed by atoms with E-state index in [2.05, 4.69) is 4.98 Å². The normalized spacial score (nSPS) is 20.0. The lowest BCUT2D eigenvalue weighted by Gasteiger charge is -2.32. The van der Waals surface area contributed by atoms with Crippen LogP contribution in [0.15, 0.2) is 18.2 Å². The lowest BCUT2D eigenvalue weighted by Crippen LogP contribution is -2.41. The first-order valence-electron chi connectivity index (χ1n) is 6.91. The summed E-state index contributed by atoms with van der Waals surface area (Å²) in [5.74, 6) is 2.93. The van der Waals surface area contributed by atoms with Crippen molar-refractivity contribution in [2.75, 3.05) is 14.2 Å². The molecule has 0 unspecified atom stereocenters. The predicted molar refractivity (Wildman–Crippen MR) is 82.5 cm³/mol. The molecule has 0 amide bonds. The third-order valence-corrected chi connectivity index (χ3v) is 3.97. The average molecular weight is 291 g/mol. The van der Waals surface area contributed by atoms with Crippen molar-refractivity contribution < 1.29 is 18.8 Å². The molecule has 0 N–H and O–H groups in total. The summed E-state index contributed by atoms with van der Waals surface area (Å²) in [5, 5.41) is 0. The molecule has 1 aromatic rings. The second-order valence-electron chi connectivity index (χ2n) is 5.96. The highest BCUT2D eigenvalue weighted by Crippen LogP contribution is 2.37. The molecule has 5 nitrogen and oxygen atoms in total. The van der Waals surface area contributed by atoms with Crippen molar-refractivity contribution in [1.29, 1.82) is 0 Å². The molecule has 1 saturated heterocycles. The van der Waals surface area contributed by atoms with E-state index in [1.165, 1.54) is 0 Å². The highest BCUT2D eigenvalue weighted by Gasteiger charge is 2.49. The molecule has 114 valence electrons. The number of ether oxygens (including phenoxy) is 2. The molecular weight excluding hydrogens is 269 g/mol. The van der Waals surface area contributed by atoms with Gasteiger partial charge in [0.15, 0.2) is 5.75 Å². The average Bonchev–Trinajstić information content (AvgIpc) is 2.64. The van der Waals surface area contributed by atoms with Crippen LogP contribution in [-0.4, -0.2) is 37.5 Å². The Hall–Kier alpha value is -1.53. The van der Waals surface area contributed by atoms with Crippen molar-refractivity contribution in [3.05, 3.63) is 23.8 Å². The standard InChI is InChI=1S/C15H22BNO4/c1-14(2)15(3,4)21-16(20-14)8-7-11-9-12(18-5)13(19-6)17-10-11/h7-10H,1-6H3/b8-7+. The Balaban J connectivity index is 2.12. The van der Waals surface area contributed by atoms with Crippen LogP contribution in [0.4, 0.5) is 0 Å². The zero-order valence-electron chi connectivity index (χ0n) is 13.5. The first-order chi connectivity index (χ1) is 9.79. The van der Waals surface area contributed by atoms with Crippen LogP contribution in [0.2, 0.25) is 0 Å². The van der Waals surface area contributed by atoms with Gasteiger partial charge in [-0.1, -0.05) is 12.1 Å². The van der Waals surface area contributed by atoms with Crippen molar-refractivity contribution in [3.63, 3.8) is 0 Å². The van der Waals surface area contributed by atoms with Crippen LogP contribution < -0.4 is 9.47 Å². The van der Waals surface area contributed by atoms with E-state index in [9.17, 15) is 0 Å². The fraction of sp³-hybridized carbons (Fsp3) is 0.533. The van der Waals surface area contributed by atoms with Gasteiger partial charge in [-0.2, -0.15) is 0 Å². The number of pyridine rings is 1. The Labute approximate surface area is 126 Å². The minimum atomic E-state index is -0.372. The molecule has 2 rings (SSSR count). The highest BCUT2D eigenvalue weighted by molar-refractivity contribution is 6.52. The quantitative estimate of drug-likeness (QED) is 0.798. The maximum atomic E-state index is 5.90. The predicted octanol–water partition coefficient (Wildman–Crippen LogP) is 2.74. The van der Waals surface area contributed by atoms with Gasteiger partial charge in [0, 0.05) is 6.20 Å². The largest absolute Gasteiger partial charge is 0.491 e. The van der Waals surface area contributed by atoms with E-state index < -0.39 is 0 Å². The smallest absolute Gasteiger partial charge is 0.487 e. The van der Waals surface area contributed by atoms with Crippen LogP contribution in [0.3, 0.4) is 0 Å². The molecule has 1 aliphatic rings. The number of nitrogens with zero attached hydrogens (tertiary/aromatic N) is 1. The van der Waals surface area contributed by atoms with Gasteiger partial charge in [0.2, 0.25) is 0 Å². The SMILES string of the molecule is COc1cc(/C=C/B2OC(C)(C)C(C)(C)O2)cnc1OC. The van der Waals surface area contributed by atoms with E-state index in [0.29, 0.717) is 11.6 Å². The molecule has 0 aliphatic carbocycles. The highest BCUT2D eigenvalue weighted by atomic mass is 16.7. The third kappa shape index (κ3) is 3.22. The number of aromatic nitrogens is 1. The Bertz CT molecular complexity index is 526. The fourth-order valence-corrected chi connectivity index (χ4v) is 1.99. The van der Waals surface area contributed by atoms with Gasteiger partial charge < -0.3 is 18.8 Å². The van der Waals surface area contributed by atoms with E-state index in [-0.39, 0.29) is 18.3 Å². The van der Waals surface area contributed by atoms with Crippen molar-refractivity contribution in [2.24, 2.45) is 0 Å². The van der Waals surface area contributed by atoms with Gasteiger partial charge in [-0.05, 0) is 39.3 Å². The van der Waals surface area contributed by atoms with Crippen LogP contribution in [0.25, 0.3) is 6.08 Å². The fourth-order valence-electron chi connectivity index (χ4n) is 1.99. The van der Waals surface area contributed by atoms with E-state index in [1.807, 2.05) is 45.8 Å². The molecule has 1 aromatic heterocycles. The molecular formula is C15H22BNO4. The second kappa shape index (κ2) is 5.69. The maximum Gasteiger partial charge on any atom is 0.487 e. The zero-order valence-corrected chi connectivity index (χ0v) is 13.5. The van der Waals surface area contributed by atoms with Gasteiger partial charge in [-0.3, -0.25) is 0 Å². The Morgan fingerprint density at radius 2 is 1.71 bits per heavy atom. The lowest BCUT2D eigenvalue weighted by molar-refractivity contribution is 0.00578. The Morgan fingerprint density at radius 1 is 1.10 bits per heavy atom. The zero-order chi connectivity index (χ0) is 15.7. The molecule has 0 spiro atoms. The molecule has 2 heterocycles. The summed E-state index contributed by atoms with van der Waals surface area (Å²) < 4.78 is 22.1. The molecule has 0 bridgehead atoms.